The second-order valence-corrected chi connectivity index (χ2v) is 4.44. The molecule has 1 unspecified atom stereocenters. The lowest BCUT2D eigenvalue weighted by Crippen LogP contribution is -2.44. The number of anilines is 1. The third kappa shape index (κ3) is 2.47. The van der Waals surface area contributed by atoms with Crippen molar-refractivity contribution in [3.05, 3.63) is 36.5 Å². The molecule has 1 heterocycles. The van der Waals surface area contributed by atoms with Gasteiger partial charge in [-0.1, -0.05) is 12.6 Å². The molecular weight excluding hydrogens is 228 g/mol. The zero-order valence-corrected chi connectivity index (χ0v) is 10.8. The van der Waals surface area contributed by atoms with E-state index >= 15 is 0 Å². The molecule has 4 heteroatoms. The van der Waals surface area contributed by atoms with Crippen molar-refractivity contribution >= 4 is 11.6 Å². The molecule has 1 atom stereocenters. The average molecular weight is 246 g/mol. The van der Waals surface area contributed by atoms with Crippen molar-refractivity contribution in [2.24, 2.45) is 0 Å². The second-order valence-electron chi connectivity index (χ2n) is 4.44. The highest BCUT2D eigenvalue weighted by Gasteiger charge is 2.25. The summed E-state index contributed by atoms with van der Waals surface area (Å²) in [5.41, 5.74) is 1.81. The summed E-state index contributed by atoms with van der Waals surface area (Å²) >= 11 is 0. The molecule has 1 aromatic carbocycles. The zero-order chi connectivity index (χ0) is 13.1. The van der Waals surface area contributed by atoms with E-state index in [4.69, 9.17) is 4.74 Å². The summed E-state index contributed by atoms with van der Waals surface area (Å²) in [4.78, 5) is 13.4. The predicted octanol–water partition coefficient (Wildman–Crippen LogP) is 1.92. The molecule has 1 saturated heterocycles. The molecule has 0 saturated carbocycles. The van der Waals surface area contributed by atoms with E-state index in [2.05, 4.69) is 16.8 Å². The third-order valence-corrected chi connectivity index (χ3v) is 3.28. The lowest BCUT2D eigenvalue weighted by molar-refractivity contribution is -0.121. The summed E-state index contributed by atoms with van der Waals surface area (Å²) in [5, 5.41) is 2.80. The average Bonchev–Trinajstić information content (AvgIpc) is 2.38. The van der Waals surface area contributed by atoms with Crippen LogP contribution < -0.4 is 15.0 Å². The number of hydrogen-bond donors (Lipinski definition) is 1. The van der Waals surface area contributed by atoms with Crippen molar-refractivity contribution in [1.29, 1.82) is 0 Å². The number of amides is 1. The normalized spacial score (nSPS) is 19.3. The van der Waals surface area contributed by atoms with Crippen molar-refractivity contribution in [3.8, 4) is 5.75 Å². The maximum atomic E-state index is 11.3. The van der Waals surface area contributed by atoms with Crippen LogP contribution in [0, 0.1) is 0 Å². The SMILES string of the molecule is C=C1NC(=O)CCC1N(C)c1cccc(OC)c1. The summed E-state index contributed by atoms with van der Waals surface area (Å²) in [6.45, 7) is 3.93. The Morgan fingerprint density at radius 1 is 1.50 bits per heavy atom. The zero-order valence-electron chi connectivity index (χ0n) is 10.8. The molecule has 0 radical (unpaired) electrons. The first kappa shape index (κ1) is 12.5. The van der Waals surface area contributed by atoms with Crippen LogP contribution in [0.1, 0.15) is 12.8 Å². The summed E-state index contributed by atoms with van der Waals surface area (Å²) in [6, 6.07) is 7.99. The standard InChI is InChI=1S/C14H18N2O2/c1-10-13(7-8-14(17)15-10)16(2)11-5-4-6-12(9-11)18-3/h4-6,9,13H,1,7-8H2,2-3H3,(H,15,17). The molecule has 0 aromatic heterocycles. The number of piperidine rings is 1. The number of carbonyl (C=O) groups excluding carboxylic acids is 1. The van der Waals surface area contributed by atoms with Gasteiger partial charge < -0.3 is 15.0 Å². The van der Waals surface area contributed by atoms with Gasteiger partial charge in [-0.3, -0.25) is 4.79 Å². The fourth-order valence-corrected chi connectivity index (χ4v) is 2.20. The van der Waals surface area contributed by atoms with Gasteiger partial charge in [0.25, 0.3) is 0 Å². The van der Waals surface area contributed by atoms with Crippen molar-refractivity contribution in [3.63, 3.8) is 0 Å². The van der Waals surface area contributed by atoms with Crippen LogP contribution in [0.5, 0.6) is 5.75 Å². The van der Waals surface area contributed by atoms with Gasteiger partial charge >= 0.3 is 0 Å². The molecule has 4 nitrogen and oxygen atoms in total. The number of nitrogens with one attached hydrogen (secondary N) is 1. The molecule has 0 bridgehead atoms. The van der Waals surface area contributed by atoms with Crippen LogP contribution in [0.3, 0.4) is 0 Å². The van der Waals surface area contributed by atoms with Gasteiger partial charge in [0.15, 0.2) is 0 Å². The van der Waals surface area contributed by atoms with Crippen molar-refractivity contribution in [2.45, 2.75) is 18.9 Å². The highest BCUT2D eigenvalue weighted by Crippen LogP contribution is 2.26. The Bertz CT molecular complexity index is 471. The largest absolute Gasteiger partial charge is 0.497 e. The number of nitrogens with zero attached hydrogens (tertiary/aromatic N) is 1. The van der Waals surface area contributed by atoms with E-state index in [1.54, 1.807) is 7.11 Å². The Balaban J connectivity index is 2.17. The van der Waals surface area contributed by atoms with Gasteiger partial charge in [0.2, 0.25) is 5.91 Å². The monoisotopic (exact) mass is 246 g/mol. The van der Waals surface area contributed by atoms with E-state index in [-0.39, 0.29) is 11.9 Å². The highest BCUT2D eigenvalue weighted by atomic mass is 16.5. The molecule has 18 heavy (non-hydrogen) atoms. The number of hydrogen-bond acceptors (Lipinski definition) is 3. The Morgan fingerprint density at radius 2 is 2.28 bits per heavy atom. The van der Waals surface area contributed by atoms with Crippen molar-refractivity contribution in [2.75, 3.05) is 19.1 Å². The molecular formula is C14H18N2O2. The molecule has 0 spiro atoms. The third-order valence-electron chi connectivity index (χ3n) is 3.28. The molecule has 2 rings (SSSR count). The first-order valence-electron chi connectivity index (χ1n) is 5.97. The number of rotatable bonds is 3. The Kier molecular flexibility index (Phi) is 3.55. The van der Waals surface area contributed by atoms with Crippen LogP contribution in [0.2, 0.25) is 0 Å². The van der Waals surface area contributed by atoms with E-state index in [0.29, 0.717) is 6.42 Å². The lowest BCUT2D eigenvalue weighted by Gasteiger charge is -2.34. The van der Waals surface area contributed by atoms with E-state index in [9.17, 15) is 4.79 Å². The number of benzene rings is 1. The quantitative estimate of drug-likeness (QED) is 0.886. The summed E-state index contributed by atoms with van der Waals surface area (Å²) < 4.78 is 5.22. The van der Waals surface area contributed by atoms with Crippen LogP contribution in [-0.2, 0) is 4.79 Å². The smallest absolute Gasteiger partial charge is 0.224 e. The molecule has 0 aliphatic carbocycles. The minimum Gasteiger partial charge on any atom is -0.497 e. The lowest BCUT2D eigenvalue weighted by atomic mass is 10.0. The Morgan fingerprint density at radius 3 is 2.94 bits per heavy atom. The van der Waals surface area contributed by atoms with E-state index in [0.717, 1.165) is 23.6 Å². The van der Waals surface area contributed by atoms with E-state index in [1.165, 1.54) is 0 Å². The van der Waals surface area contributed by atoms with Crippen LogP contribution in [-0.4, -0.2) is 26.1 Å². The van der Waals surface area contributed by atoms with Crippen LogP contribution in [0.4, 0.5) is 5.69 Å². The highest BCUT2D eigenvalue weighted by molar-refractivity contribution is 5.79. The number of methoxy groups -OCH3 is 1. The maximum absolute atomic E-state index is 11.3. The minimum absolute atomic E-state index is 0.0512. The predicted molar refractivity (Wildman–Crippen MR) is 71.7 cm³/mol. The van der Waals surface area contributed by atoms with Crippen LogP contribution in [0.15, 0.2) is 36.5 Å². The topological polar surface area (TPSA) is 41.6 Å². The molecule has 96 valence electrons. The van der Waals surface area contributed by atoms with Gasteiger partial charge in [-0.25, -0.2) is 0 Å². The van der Waals surface area contributed by atoms with E-state index in [1.807, 2.05) is 31.3 Å². The maximum Gasteiger partial charge on any atom is 0.224 e. The molecule has 1 fully saturated rings. The Hall–Kier alpha value is -1.97. The molecule has 1 aromatic rings. The molecule has 1 N–H and O–H groups in total. The molecule has 1 amide bonds. The first-order chi connectivity index (χ1) is 8.61. The first-order valence-corrected chi connectivity index (χ1v) is 5.97. The van der Waals surface area contributed by atoms with Gasteiger partial charge in [-0.2, -0.15) is 0 Å². The summed E-state index contributed by atoms with van der Waals surface area (Å²) in [6.07, 6.45) is 1.33. The van der Waals surface area contributed by atoms with Crippen LogP contribution >= 0.6 is 0 Å². The van der Waals surface area contributed by atoms with Gasteiger partial charge in [-0.15, -0.1) is 0 Å². The number of carbonyl (C=O) groups is 1. The van der Waals surface area contributed by atoms with Gasteiger partial charge in [-0.05, 0) is 18.6 Å². The van der Waals surface area contributed by atoms with Gasteiger partial charge in [0.05, 0.1) is 13.2 Å². The fraction of sp³-hybridized carbons (Fsp3) is 0.357. The van der Waals surface area contributed by atoms with Crippen molar-refractivity contribution < 1.29 is 9.53 Å². The van der Waals surface area contributed by atoms with Gasteiger partial charge in [0.1, 0.15) is 5.75 Å². The fourth-order valence-electron chi connectivity index (χ4n) is 2.20. The number of ether oxygens (including phenoxy) is 1. The molecule has 1 aliphatic heterocycles. The summed E-state index contributed by atoms with van der Waals surface area (Å²) in [5.74, 6) is 0.875. The Labute approximate surface area is 107 Å². The van der Waals surface area contributed by atoms with E-state index < -0.39 is 0 Å². The van der Waals surface area contributed by atoms with Crippen molar-refractivity contribution in [1.82, 2.24) is 5.32 Å². The number of likely N-dealkylation sites (N-methyl/N-ethyl adjacent to an activating group) is 1. The minimum atomic E-state index is 0.0512. The molecule has 1 aliphatic rings. The van der Waals surface area contributed by atoms with Gasteiger partial charge in [0, 0.05) is 30.9 Å². The van der Waals surface area contributed by atoms with Crippen LogP contribution in [0.25, 0.3) is 0 Å². The summed E-state index contributed by atoms with van der Waals surface area (Å²) in [7, 11) is 3.65. The second kappa shape index (κ2) is 5.12.